The van der Waals surface area contributed by atoms with Gasteiger partial charge in [0, 0.05) is 42.5 Å². The maximum absolute atomic E-state index is 15.0. The van der Waals surface area contributed by atoms with Crippen LogP contribution >= 0.6 is 11.6 Å². The predicted octanol–water partition coefficient (Wildman–Crippen LogP) is 3.19. The number of rotatable bonds is 11. The Hall–Kier alpha value is -5.18. The van der Waals surface area contributed by atoms with E-state index in [2.05, 4.69) is 31.6 Å². The van der Waals surface area contributed by atoms with Crippen LogP contribution in [0.2, 0.25) is 5.02 Å². The van der Waals surface area contributed by atoms with E-state index in [4.69, 9.17) is 21.4 Å². The van der Waals surface area contributed by atoms with E-state index in [-0.39, 0.29) is 28.3 Å². The molecule has 1 saturated heterocycles. The van der Waals surface area contributed by atoms with Gasteiger partial charge in [0.15, 0.2) is 5.82 Å². The molecule has 0 spiro atoms. The average Bonchev–Trinajstić information content (AvgIpc) is 3.58. The molecule has 0 saturated carbocycles. The van der Waals surface area contributed by atoms with Gasteiger partial charge in [-0.15, -0.1) is 5.10 Å². The average molecular weight is 635 g/mol. The van der Waals surface area contributed by atoms with E-state index in [0.717, 1.165) is 30.4 Å². The van der Waals surface area contributed by atoms with Crippen molar-refractivity contribution in [2.45, 2.75) is 12.5 Å². The van der Waals surface area contributed by atoms with Crippen LogP contribution in [-0.2, 0) is 20.7 Å². The molecule has 232 valence electrons. The zero-order valence-corrected chi connectivity index (χ0v) is 24.4. The Morgan fingerprint density at radius 3 is 2.40 bits per heavy atom. The quantitative estimate of drug-likeness (QED) is 0.180. The van der Waals surface area contributed by atoms with Gasteiger partial charge in [0.1, 0.15) is 12.4 Å². The first-order valence-corrected chi connectivity index (χ1v) is 14.2. The Balaban J connectivity index is 1.33. The number of nitrogens with one attached hydrogen (secondary N) is 3. The molecule has 4 N–H and O–H groups in total. The third-order valence-corrected chi connectivity index (χ3v) is 7.12. The number of hydrogen-bond donors (Lipinski definition) is 4. The second-order valence-electron chi connectivity index (χ2n) is 9.93. The zero-order valence-electron chi connectivity index (χ0n) is 23.7. The standard InChI is InChI=1S/C30H28ClFN8O5/c31-24-10-11-26(40-18-33-37-38-40)23(28(24)32)9-12-27(41)35-25(29(42)34-21-7-3-20(4-8-21)30(43)44)17-19-1-5-22(6-2-19)36-39-13-15-45-16-14-39/h1-12,18,25,36H,13-17H2,(H,34,42)(H,35,41)(H,43,44). The number of aromatic carboxylic acids is 1. The van der Waals surface area contributed by atoms with Gasteiger partial charge >= 0.3 is 5.97 Å². The maximum Gasteiger partial charge on any atom is 0.335 e. The van der Waals surface area contributed by atoms with E-state index in [1.807, 2.05) is 29.3 Å². The lowest BCUT2D eigenvalue weighted by Gasteiger charge is -2.28. The molecule has 1 aromatic heterocycles. The first kappa shape index (κ1) is 31.3. The number of hydrogen-bond acceptors (Lipinski definition) is 9. The number of aromatic nitrogens is 4. The number of carbonyl (C=O) groups excluding carboxylic acids is 2. The van der Waals surface area contributed by atoms with Gasteiger partial charge < -0.3 is 25.9 Å². The second kappa shape index (κ2) is 14.5. The highest BCUT2D eigenvalue weighted by molar-refractivity contribution is 6.31. The Kier molecular flexibility index (Phi) is 10.1. The summed E-state index contributed by atoms with van der Waals surface area (Å²) in [5, 5.41) is 27.3. The number of amides is 2. The van der Waals surface area contributed by atoms with Crippen LogP contribution in [0.4, 0.5) is 15.8 Å². The SMILES string of the molecule is O=C(C=Cc1c(-n2cnnn2)ccc(Cl)c1F)NC(Cc1ccc(NN2CCOCC2)cc1)C(=O)Nc1ccc(C(=O)O)cc1. The van der Waals surface area contributed by atoms with Crippen molar-refractivity contribution in [2.24, 2.45) is 0 Å². The summed E-state index contributed by atoms with van der Waals surface area (Å²) in [6.45, 7) is 2.76. The van der Waals surface area contributed by atoms with Crippen LogP contribution in [0.3, 0.4) is 0 Å². The highest BCUT2D eigenvalue weighted by Crippen LogP contribution is 2.25. The van der Waals surface area contributed by atoms with E-state index < -0.39 is 29.6 Å². The maximum atomic E-state index is 15.0. The van der Waals surface area contributed by atoms with E-state index in [1.54, 1.807) is 0 Å². The molecule has 0 bridgehead atoms. The van der Waals surface area contributed by atoms with Crippen LogP contribution in [0.15, 0.2) is 73.1 Å². The number of morpholine rings is 1. The van der Waals surface area contributed by atoms with Crippen LogP contribution in [0, 0.1) is 5.82 Å². The van der Waals surface area contributed by atoms with Crippen molar-refractivity contribution in [3.8, 4) is 5.69 Å². The number of carbonyl (C=O) groups is 3. The molecule has 0 radical (unpaired) electrons. The van der Waals surface area contributed by atoms with Gasteiger partial charge in [-0.2, -0.15) is 4.68 Å². The predicted molar refractivity (Wildman–Crippen MR) is 163 cm³/mol. The van der Waals surface area contributed by atoms with Gasteiger partial charge in [0.2, 0.25) is 11.8 Å². The molecule has 0 aliphatic carbocycles. The summed E-state index contributed by atoms with van der Waals surface area (Å²) in [6.07, 6.45) is 3.70. The molecule has 13 nitrogen and oxygen atoms in total. The molecule has 1 fully saturated rings. The monoisotopic (exact) mass is 634 g/mol. The van der Waals surface area contributed by atoms with Gasteiger partial charge in [-0.25, -0.2) is 14.2 Å². The van der Waals surface area contributed by atoms with E-state index in [0.29, 0.717) is 18.9 Å². The molecule has 1 atom stereocenters. The summed E-state index contributed by atoms with van der Waals surface area (Å²) in [6, 6.07) is 14.8. The van der Waals surface area contributed by atoms with E-state index in [9.17, 15) is 18.8 Å². The lowest BCUT2D eigenvalue weighted by Crippen LogP contribution is -2.44. The minimum atomic E-state index is -1.10. The van der Waals surface area contributed by atoms with Crippen LogP contribution < -0.4 is 16.1 Å². The number of nitrogens with zero attached hydrogens (tertiary/aromatic N) is 5. The third kappa shape index (κ3) is 8.26. The van der Waals surface area contributed by atoms with Crippen molar-refractivity contribution in [2.75, 3.05) is 37.0 Å². The largest absolute Gasteiger partial charge is 0.478 e. The topological polar surface area (TPSA) is 164 Å². The van der Waals surface area contributed by atoms with Gasteiger partial charge in [0.25, 0.3) is 0 Å². The molecule has 1 aliphatic heterocycles. The molecule has 2 heterocycles. The number of hydrazine groups is 1. The number of halogens is 2. The van der Waals surface area contributed by atoms with Crippen molar-refractivity contribution in [3.05, 3.63) is 101 Å². The zero-order chi connectivity index (χ0) is 31.8. The minimum absolute atomic E-state index is 0.0344. The van der Waals surface area contributed by atoms with Gasteiger partial charge in [-0.1, -0.05) is 23.7 Å². The summed E-state index contributed by atoms with van der Waals surface area (Å²) in [4.78, 5) is 37.7. The van der Waals surface area contributed by atoms with Crippen LogP contribution in [0.25, 0.3) is 11.8 Å². The number of carboxylic acid groups (broad SMARTS) is 1. The fourth-order valence-corrected chi connectivity index (χ4v) is 4.67. The number of ether oxygens (including phenoxy) is 1. The first-order valence-electron chi connectivity index (χ1n) is 13.8. The Morgan fingerprint density at radius 1 is 1.02 bits per heavy atom. The third-order valence-electron chi connectivity index (χ3n) is 6.83. The molecular weight excluding hydrogens is 607 g/mol. The molecule has 15 heteroatoms. The molecule has 3 aromatic carbocycles. The Morgan fingerprint density at radius 2 is 1.73 bits per heavy atom. The molecule has 2 amide bonds. The molecular formula is C30H28ClFN8O5. The van der Waals surface area contributed by atoms with Crippen molar-refractivity contribution in [1.82, 2.24) is 30.5 Å². The minimum Gasteiger partial charge on any atom is -0.478 e. The molecule has 1 unspecified atom stereocenters. The number of benzene rings is 3. The van der Waals surface area contributed by atoms with E-state index in [1.165, 1.54) is 53.5 Å². The van der Waals surface area contributed by atoms with Gasteiger partial charge in [-0.3, -0.25) is 9.59 Å². The van der Waals surface area contributed by atoms with E-state index >= 15 is 0 Å². The summed E-state index contributed by atoms with van der Waals surface area (Å²) >= 11 is 5.98. The summed E-state index contributed by atoms with van der Waals surface area (Å²) in [7, 11) is 0. The fraction of sp³-hybridized carbons (Fsp3) is 0.200. The summed E-state index contributed by atoms with van der Waals surface area (Å²) in [5.41, 5.74) is 5.55. The molecule has 4 aromatic rings. The van der Waals surface area contributed by atoms with Crippen molar-refractivity contribution < 1.29 is 28.6 Å². The fourth-order valence-electron chi connectivity index (χ4n) is 4.51. The molecule has 5 rings (SSSR count). The number of carboxylic acids is 1. The number of tetrazole rings is 1. The Labute approximate surface area is 261 Å². The van der Waals surface area contributed by atoms with Crippen LogP contribution in [0.1, 0.15) is 21.5 Å². The highest BCUT2D eigenvalue weighted by atomic mass is 35.5. The summed E-state index contributed by atoms with van der Waals surface area (Å²) in [5.74, 6) is -3.10. The highest BCUT2D eigenvalue weighted by Gasteiger charge is 2.22. The smallest absolute Gasteiger partial charge is 0.335 e. The Bertz CT molecular complexity index is 1680. The van der Waals surface area contributed by atoms with Gasteiger partial charge in [0.05, 0.1) is 29.5 Å². The lowest BCUT2D eigenvalue weighted by atomic mass is 10.0. The van der Waals surface area contributed by atoms with Crippen molar-refractivity contribution in [3.63, 3.8) is 0 Å². The number of anilines is 2. The summed E-state index contributed by atoms with van der Waals surface area (Å²) < 4.78 is 21.6. The normalized spacial score (nSPS) is 14.2. The van der Waals surface area contributed by atoms with Crippen molar-refractivity contribution in [1.29, 1.82) is 0 Å². The van der Waals surface area contributed by atoms with Crippen LogP contribution in [0.5, 0.6) is 0 Å². The van der Waals surface area contributed by atoms with Crippen LogP contribution in [-0.4, -0.2) is 80.5 Å². The molecule has 1 aliphatic rings. The van der Waals surface area contributed by atoms with Crippen molar-refractivity contribution >= 4 is 46.8 Å². The first-order chi connectivity index (χ1) is 21.8. The second-order valence-corrected chi connectivity index (χ2v) is 10.3. The van der Waals surface area contributed by atoms with Gasteiger partial charge in [-0.05, 0) is 70.6 Å². The lowest BCUT2D eigenvalue weighted by molar-refractivity contribution is -0.123. The molecule has 45 heavy (non-hydrogen) atoms.